The molecule has 0 aliphatic rings. The topological polar surface area (TPSA) is 49.8 Å². The smallest absolute Gasteiger partial charge is 0.328 e. The summed E-state index contributed by atoms with van der Waals surface area (Å²) in [4.78, 5) is 12.4. The summed E-state index contributed by atoms with van der Waals surface area (Å²) < 4.78 is 6.34. The van der Waals surface area contributed by atoms with E-state index in [1.54, 1.807) is 13.2 Å². The van der Waals surface area contributed by atoms with E-state index in [9.17, 15) is 4.79 Å². The Morgan fingerprint density at radius 1 is 1.53 bits per heavy atom. The van der Waals surface area contributed by atoms with Crippen LogP contribution in [0, 0.1) is 0 Å². The first-order valence-electron chi connectivity index (χ1n) is 5.93. The van der Waals surface area contributed by atoms with Crippen molar-refractivity contribution < 1.29 is 14.6 Å². The van der Waals surface area contributed by atoms with Gasteiger partial charge in [0.15, 0.2) is 0 Å². The van der Waals surface area contributed by atoms with Gasteiger partial charge in [0.2, 0.25) is 0 Å². The predicted molar refractivity (Wildman–Crippen MR) is 78.7 cm³/mol. The Hall–Kier alpha value is -1.33. The highest BCUT2D eigenvalue weighted by molar-refractivity contribution is 9.10. The van der Waals surface area contributed by atoms with Crippen molar-refractivity contribution in [3.8, 4) is 5.75 Å². The number of benzene rings is 1. The van der Waals surface area contributed by atoms with Crippen LogP contribution in [0.25, 0.3) is 0 Å². The molecule has 1 N–H and O–H groups in total. The number of ether oxygens (including phenoxy) is 1. The van der Waals surface area contributed by atoms with Crippen LogP contribution >= 0.6 is 15.9 Å². The minimum Gasteiger partial charge on any atom is -0.496 e. The third-order valence-corrected chi connectivity index (χ3v) is 3.18. The van der Waals surface area contributed by atoms with Crippen molar-refractivity contribution in [1.29, 1.82) is 0 Å². The Morgan fingerprint density at radius 2 is 2.26 bits per heavy atom. The second kappa shape index (κ2) is 7.96. The lowest BCUT2D eigenvalue weighted by atomic mass is 10.1. The normalized spacial score (nSPS) is 11.2. The van der Waals surface area contributed by atoms with Gasteiger partial charge in [0.05, 0.1) is 7.11 Å². The third kappa shape index (κ3) is 5.89. The predicted octanol–water partition coefficient (Wildman–Crippen LogP) is 2.57. The molecule has 0 saturated carbocycles. The van der Waals surface area contributed by atoms with Crippen molar-refractivity contribution >= 4 is 21.9 Å². The number of methoxy groups -OCH3 is 1. The van der Waals surface area contributed by atoms with E-state index in [1.165, 1.54) is 0 Å². The van der Waals surface area contributed by atoms with E-state index in [-0.39, 0.29) is 0 Å². The highest BCUT2D eigenvalue weighted by Gasteiger charge is 2.05. The van der Waals surface area contributed by atoms with Crippen LogP contribution in [-0.4, -0.2) is 43.2 Å². The Labute approximate surface area is 121 Å². The van der Waals surface area contributed by atoms with Crippen LogP contribution in [0.2, 0.25) is 0 Å². The molecular weight excluding hydrogens is 310 g/mol. The molecule has 0 atom stereocenters. The van der Waals surface area contributed by atoms with Crippen LogP contribution in [0.4, 0.5) is 0 Å². The van der Waals surface area contributed by atoms with Crippen LogP contribution in [0.1, 0.15) is 5.56 Å². The number of hydrogen-bond acceptors (Lipinski definition) is 3. The summed E-state index contributed by atoms with van der Waals surface area (Å²) in [5.74, 6) is -0.0419. The molecule has 0 radical (unpaired) electrons. The van der Waals surface area contributed by atoms with E-state index in [4.69, 9.17) is 9.84 Å². The summed E-state index contributed by atoms with van der Waals surface area (Å²) in [6.45, 7) is 1.44. The van der Waals surface area contributed by atoms with E-state index >= 15 is 0 Å². The molecule has 0 unspecified atom stereocenters. The Morgan fingerprint density at radius 3 is 2.89 bits per heavy atom. The van der Waals surface area contributed by atoms with Gasteiger partial charge in [-0.15, -0.1) is 0 Å². The highest BCUT2D eigenvalue weighted by atomic mass is 79.9. The molecular formula is C14H18BrNO3. The summed E-state index contributed by atoms with van der Waals surface area (Å²) in [7, 11) is 3.61. The molecule has 0 saturated heterocycles. The molecule has 0 aliphatic heterocycles. The molecule has 0 heterocycles. The zero-order valence-corrected chi connectivity index (χ0v) is 12.7. The molecule has 0 bridgehead atoms. The lowest BCUT2D eigenvalue weighted by molar-refractivity contribution is -0.131. The maximum Gasteiger partial charge on any atom is 0.328 e. The molecule has 0 fully saturated rings. The van der Waals surface area contributed by atoms with Crippen LogP contribution in [-0.2, 0) is 11.2 Å². The quantitative estimate of drug-likeness (QED) is 0.782. The van der Waals surface area contributed by atoms with Gasteiger partial charge in [-0.3, -0.25) is 0 Å². The minimum absolute atomic E-state index is 0.614. The zero-order valence-electron chi connectivity index (χ0n) is 11.1. The lowest BCUT2D eigenvalue weighted by Crippen LogP contribution is -2.21. The fourth-order valence-electron chi connectivity index (χ4n) is 1.68. The first-order valence-corrected chi connectivity index (χ1v) is 6.72. The van der Waals surface area contributed by atoms with E-state index in [0.717, 1.165) is 34.8 Å². The van der Waals surface area contributed by atoms with Gasteiger partial charge < -0.3 is 14.7 Å². The van der Waals surface area contributed by atoms with Crippen LogP contribution in [0.5, 0.6) is 5.75 Å². The molecule has 0 aliphatic carbocycles. The van der Waals surface area contributed by atoms with Gasteiger partial charge in [-0.25, -0.2) is 4.79 Å². The molecule has 5 heteroatoms. The summed E-state index contributed by atoms with van der Waals surface area (Å²) in [6, 6.07) is 5.92. The second-order valence-electron chi connectivity index (χ2n) is 4.21. The fraction of sp³-hybridized carbons (Fsp3) is 0.357. The van der Waals surface area contributed by atoms with Crippen LogP contribution < -0.4 is 4.74 Å². The first kappa shape index (κ1) is 15.7. The summed E-state index contributed by atoms with van der Waals surface area (Å²) in [5.41, 5.74) is 1.13. The number of aliphatic carboxylic acids is 1. The SMILES string of the molecule is COc1ccc(Br)cc1CCN(C)C/C=C/C(=O)O. The van der Waals surface area contributed by atoms with E-state index in [0.29, 0.717) is 6.54 Å². The Balaban J connectivity index is 2.52. The van der Waals surface area contributed by atoms with Crippen molar-refractivity contribution in [3.05, 3.63) is 40.4 Å². The number of hydrogen-bond donors (Lipinski definition) is 1. The van der Waals surface area contributed by atoms with Crippen molar-refractivity contribution in [2.24, 2.45) is 0 Å². The molecule has 0 amide bonds. The largest absolute Gasteiger partial charge is 0.496 e. The summed E-state index contributed by atoms with van der Waals surface area (Å²) >= 11 is 3.44. The van der Waals surface area contributed by atoms with E-state index < -0.39 is 5.97 Å². The molecule has 1 aromatic rings. The number of halogens is 1. The van der Waals surface area contributed by atoms with Crippen molar-refractivity contribution in [2.75, 3.05) is 27.2 Å². The van der Waals surface area contributed by atoms with Gasteiger partial charge in [-0.05, 0) is 37.2 Å². The lowest BCUT2D eigenvalue weighted by Gasteiger charge is -2.15. The Bertz CT molecular complexity index is 460. The standard InChI is InChI=1S/C14H18BrNO3/c1-16(8-3-4-14(17)18)9-7-11-10-12(15)5-6-13(11)19-2/h3-6,10H,7-9H2,1-2H3,(H,17,18)/b4-3+. The van der Waals surface area contributed by atoms with Crippen molar-refractivity contribution in [3.63, 3.8) is 0 Å². The van der Waals surface area contributed by atoms with Gasteiger partial charge >= 0.3 is 5.97 Å². The van der Waals surface area contributed by atoms with Gasteiger partial charge in [0, 0.05) is 23.6 Å². The van der Waals surface area contributed by atoms with Crippen LogP contribution in [0.15, 0.2) is 34.8 Å². The van der Waals surface area contributed by atoms with E-state index in [1.807, 2.05) is 25.2 Å². The number of carboxylic acids is 1. The Kier molecular flexibility index (Phi) is 6.59. The van der Waals surface area contributed by atoms with Gasteiger partial charge in [0.1, 0.15) is 5.75 Å². The maximum atomic E-state index is 10.4. The summed E-state index contributed by atoms with van der Waals surface area (Å²) in [5, 5.41) is 8.51. The number of carbonyl (C=O) groups is 1. The monoisotopic (exact) mass is 327 g/mol. The molecule has 1 rings (SSSR count). The first-order chi connectivity index (χ1) is 9.02. The van der Waals surface area contributed by atoms with Crippen molar-refractivity contribution in [2.45, 2.75) is 6.42 Å². The average molecular weight is 328 g/mol. The minimum atomic E-state index is -0.915. The number of nitrogens with zero attached hydrogens (tertiary/aromatic N) is 1. The molecule has 4 nitrogen and oxygen atoms in total. The molecule has 1 aromatic carbocycles. The molecule has 0 aromatic heterocycles. The maximum absolute atomic E-state index is 10.4. The number of likely N-dealkylation sites (N-methyl/N-ethyl adjacent to an activating group) is 1. The number of carboxylic acid groups (broad SMARTS) is 1. The van der Waals surface area contributed by atoms with Crippen LogP contribution in [0.3, 0.4) is 0 Å². The second-order valence-corrected chi connectivity index (χ2v) is 5.12. The van der Waals surface area contributed by atoms with E-state index in [2.05, 4.69) is 20.8 Å². The average Bonchev–Trinajstić information content (AvgIpc) is 2.36. The van der Waals surface area contributed by atoms with Gasteiger partial charge in [-0.1, -0.05) is 22.0 Å². The molecule has 19 heavy (non-hydrogen) atoms. The van der Waals surface area contributed by atoms with Gasteiger partial charge in [-0.2, -0.15) is 0 Å². The molecule has 0 spiro atoms. The molecule has 104 valence electrons. The van der Waals surface area contributed by atoms with Gasteiger partial charge in [0.25, 0.3) is 0 Å². The van der Waals surface area contributed by atoms with Crippen molar-refractivity contribution in [1.82, 2.24) is 4.90 Å². The number of rotatable bonds is 7. The fourth-order valence-corrected chi connectivity index (χ4v) is 2.09. The third-order valence-electron chi connectivity index (χ3n) is 2.68. The zero-order chi connectivity index (χ0) is 14.3. The summed E-state index contributed by atoms with van der Waals surface area (Å²) in [6.07, 6.45) is 3.65. The highest BCUT2D eigenvalue weighted by Crippen LogP contribution is 2.23.